The minimum absolute atomic E-state index is 0.0357. The van der Waals surface area contributed by atoms with Gasteiger partial charge < -0.3 is 10.5 Å². The Bertz CT molecular complexity index is 487. The van der Waals surface area contributed by atoms with E-state index in [2.05, 4.69) is 5.32 Å². The fraction of sp³-hybridized carbons (Fsp3) is 0.429. The molecule has 1 aromatic carbocycles. The largest absolute Gasteiger partial charge is 0.374 e. The van der Waals surface area contributed by atoms with Gasteiger partial charge in [-0.25, -0.2) is 0 Å². The van der Waals surface area contributed by atoms with Gasteiger partial charge in [0.2, 0.25) is 5.91 Å². The molecule has 2 rings (SSSR count). The van der Waals surface area contributed by atoms with Crippen LogP contribution in [0.3, 0.4) is 0 Å². The number of carbonyl (C=O) groups is 2. The van der Waals surface area contributed by atoms with Crippen LogP contribution in [-0.2, 0) is 20.7 Å². The first-order chi connectivity index (χ1) is 9.13. The summed E-state index contributed by atoms with van der Waals surface area (Å²) >= 11 is 0. The van der Waals surface area contributed by atoms with Crippen molar-refractivity contribution in [3.8, 4) is 0 Å². The van der Waals surface area contributed by atoms with E-state index >= 15 is 0 Å². The van der Waals surface area contributed by atoms with Crippen LogP contribution in [0.5, 0.6) is 0 Å². The van der Waals surface area contributed by atoms with E-state index < -0.39 is 18.0 Å². The van der Waals surface area contributed by atoms with E-state index in [-0.39, 0.29) is 12.4 Å². The highest BCUT2D eigenvalue weighted by atomic mass is 16.5. The third-order valence-electron chi connectivity index (χ3n) is 3.27. The molecule has 0 spiro atoms. The van der Waals surface area contributed by atoms with E-state index in [1.54, 1.807) is 0 Å². The number of primary amides is 1. The molecule has 0 saturated heterocycles. The normalized spacial score (nSPS) is 21.7. The SMILES string of the molecule is CCOCC(=O)C1NC(C(N)=O)Cc2ccccc21. The zero-order chi connectivity index (χ0) is 13.8. The molecular formula is C14H18N2O3. The Kier molecular flexibility index (Phi) is 4.29. The fourth-order valence-corrected chi connectivity index (χ4v) is 2.31. The monoisotopic (exact) mass is 262 g/mol. The smallest absolute Gasteiger partial charge is 0.234 e. The molecular weight excluding hydrogens is 244 g/mol. The molecule has 2 atom stereocenters. The second-order valence-electron chi connectivity index (χ2n) is 4.56. The molecule has 2 unspecified atom stereocenters. The maximum absolute atomic E-state index is 12.1. The van der Waals surface area contributed by atoms with Crippen LogP contribution in [0, 0.1) is 0 Å². The van der Waals surface area contributed by atoms with Crippen molar-refractivity contribution in [3.05, 3.63) is 35.4 Å². The third-order valence-corrected chi connectivity index (χ3v) is 3.27. The third kappa shape index (κ3) is 3.00. The van der Waals surface area contributed by atoms with E-state index in [9.17, 15) is 9.59 Å². The van der Waals surface area contributed by atoms with Crippen LogP contribution in [0.4, 0.5) is 0 Å². The summed E-state index contributed by atoms with van der Waals surface area (Å²) in [4.78, 5) is 23.5. The number of rotatable bonds is 5. The molecule has 1 aliphatic rings. The molecule has 5 nitrogen and oxygen atoms in total. The number of hydrogen-bond donors (Lipinski definition) is 2. The summed E-state index contributed by atoms with van der Waals surface area (Å²) in [7, 11) is 0. The molecule has 0 aromatic heterocycles. The maximum Gasteiger partial charge on any atom is 0.234 e. The van der Waals surface area contributed by atoms with Crippen molar-refractivity contribution in [2.75, 3.05) is 13.2 Å². The van der Waals surface area contributed by atoms with Gasteiger partial charge in [-0.3, -0.25) is 14.9 Å². The number of Topliss-reactive ketones (excluding diaryl/α,β-unsaturated/α-hetero) is 1. The molecule has 0 bridgehead atoms. The van der Waals surface area contributed by atoms with Crippen LogP contribution in [0.1, 0.15) is 24.1 Å². The van der Waals surface area contributed by atoms with Crippen molar-refractivity contribution >= 4 is 11.7 Å². The number of fused-ring (bicyclic) bond motifs is 1. The van der Waals surface area contributed by atoms with Gasteiger partial charge in [0.05, 0.1) is 12.1 Å². The molecule has 1 aliphatic heterocycles. The minimum Gasteiger partial charge on any atom is -0.374 e. The van der Waals surface area contributed by atoms with Crippen molar-refractivity contribution in [1.29, 1.82) is 0 Å². The Balaban J connectivity index is 2.26. The summed E-state index contributed by atoms with van der Waals surface area (Å²) in [6.45, 7) is 2.36. The van der Waals surface area contributed by atoms with E-state index in [1.807, 2.05) is 31.2 Å². The van der Waals surface area contributed by atoms with Crippen LogP contribution < -0.4 is 11.1 Å². The van der Waals surface area contributed by atoms with Crippen LogP contribution in [-0.4, -0.2) is 30.9 Å². The second-order valence-corrected chi connectivity index (χ2v) is 4.56. The maximum atomic E-state index is 12.1. The molecule has 1 heterocycles. The number of benzene rings is 1. The number of ketones is 1. The molecule has 0 fully saturated rings. The van der Waals surface area contributed by atoms with E-state index in [0.29, 0.717) is 13.0 Å². The fourth-order valence-electron chi connectivity index (χ4n) is 2.31. The number of amides is 1. The topological polar surface area (TPSA) is 81.4 Å². The summed E-state index contributed by atoms with van der Waals surface area (Å²) in [5.74, 6) is -0.524. The summed E-state index contributed by atoms with van der Waals surface area (Å²) in [5.41, 5.74) is 7.24. The van der Waals surface area contributed by atoms with Crippen molar-refractivity contribution in [2.45, 2.75) is 25.4 Å². The molecule has 3 N–H and O–H groups in total. The van der Waals surface area contributed by atoms with Gasteiger partial charge in [0.25, 0.3) is 0 Å². The lowest BCUT2D eigenvalue weighted by Gasteiger charge is -2.30. The predicted molar refractivity (Wildman–Crippen MR) is 70.5 cm³/mol. The van der Waals surface area contributed by atoms with Gasteiger partial charge in [-0.1, -0.05) is 24.3 Å². The van der Waals surface area contributed by atoms with Crippen molar-refractivity contribution < 1.29 is 14.3 Å². The molecule has 0 aliphatic carbocycles. The summed E-state index contributed by atoms with van der Waals surface area (Å²) in [6, 6.07) is 6.57. The van der Waals surface area contributed by atoms with Crippen LogP contribution >= 0.6 is 0 Å². The predicted octanol–water partition coefficient (Wildman–Crippen LogP) is 0.333. The van der Waals surface area contributed by atoms with E-state index in [0.717, 1.165) is 11.1 Å². The zero-order valence-corrected chi connectivity index (χ0v) is 10.9. The first-order valence-electron chi connectivity index (χ1n) is 6.37. The number of hydrogen-bond acceptors (Lipinski definition) is 4. The lowest BCUT2D eigenvalue weighted by molar-refractivity contribution is -0.127. The Hall–Kier alpha value is -1.72. The number of carbonyl (C=O) groups excluding carboxylic acids is 2. The highest BCUT2D eigenvalue weighted by Gasteiger charge is 2.32. The zero-order valence-electron chi connectivity index (χ0n) is 10.9. The van der Waals surface area contributed by atoms with Crippen LogP contribution in [0.2, 0.25) is 0 Å². The Morgan fingerprint density at radius 2 is 2.16 bits per heavy atom. The Morgan fingerprint density at radius 1 is 1.42 bits per heavy atom. The highest BCUT2D eigenvalue weighted by Crippen LogP contribution is 2.26. The summed E-state index contributed by atoms with van der Waals surface area (Å²) in [6.07, 6.45) is 0.518. The molecule has 102 valence electrons. The van der Waals surface area contributed by atoms with Gasteiger partial charge in [-0.05, 0) is 24.5 Å². The number of ether oxygens (including phenoxy) is 1. The summed E-state index contributed by atoms with van der Waals surface area (Å²) < 4.78 is 5.15. The van der Waals surface area contributed by atoms with Gasteiger partial charge in [0.15, 0.2) is 5.78 Å². The average molecular weight is 262 g/mol. The van der Waals surface area contributed by atoms with Gasteiger partial charge in [-0.2, -0.15) is 0 Å². The highest BCUT2D eigenvalue weighted by molar-refractivity contribution is 5.89. The van der Waals surface area contributed by atoms with Crippen molar-refractivity contribution in [1.82, 2.24) is 5.32 Å². The lowest BCUT2D eigenvalue weighted by atomic mass is 9.88. The van der Waals surface area contributed by atoms with Gasteiger partial charge >= 0.3 is 0 Å². The summed E-state index contributed by atoms with van der Waals surface area (Å²) in [5, 5.41) is 3.01. The Labute approximate surface area is 112 Å². The first kappa shape index (κ1) is 13.7. The molecule has 1 amide bonds. The van der Waals surface area contributed by atoms with Gasteiger partial charge in [0, 0.05) is 6.61 Å². The molecule has 5 heteroatoms. The Morgan fingerprint density at radius 3 is 2.84 bits per heavy atom. The van der Waals surface area contributed by atoms with Crippen LogP contribution in [0.25, 0.3) is 0 Å². The number of nitrogens with two attached hydrogens (primary N) is 1. The van der Waals surface area contributed by atoms with Gasteiger partial charge in [0.1, 0.15) is 6.61 Å². The standard InChI is InChI=1S/C14H18N2O3/c1-2-19-8-12(17)13-10-6-4-3-5-9(10)7-11(16-13)14(15)18/h3-6,11,13,16H,2,7-8H2,1H3,(H2,15,18). The first-order valence-corrected chi connectivity index (χ1v) is 6.37. The molecule has 19 heavy (non-hydrogen) atoms. The van der Waals surface area contributed by atoms with Crippen LogP contribution in [0.15, 0.2) is 24.3 Å². The number of nitrogens with one attached hydrogen (secondary N) is 1. The molecule has 0 saturated carbocycles. The van der Waals surface area contributed by atoms with E-state index in [4.69, 9.17) is 10.5 Å². The second kappa shape index (κ2) is 5.95. The van der Waals surface area contributed by atoms with Gasteiger partial charge in [-0.15, -0.1) is 0 Å². The minimum atomic E-state index is -0.519. The van der Waals surface area contributed by atoms with Crippen molar-refractivity contribution in [3.63, 3.8) is 0 Å². The molecule has 0 radical (unpaired) electrons. The average Bonchev–Trinajstić information content (AvgIpc) is 2.43. The quantitative estimate of drug-likeness (QED) is 0.801. The van der Waals surface area contributed by atoms with Crippen molar-refractivity contribution in [2.24, 2.45) is 5.73 Å². The lowest BCUT2D eigenvalue weighted by Crippen LogP contribution is -2.50. The van der Waals surface area contributed by atoms with E-state index in [1.165, 1.54) is 0 Å². The molecule has 1 aromatic rings.